The van der Waals surface area contributed by atoms with Crippen LogP contribution in [0.25, 0.3) is 0 Å². The molecule has 0 aromatic heterocycles. The van der Waals surface area contributed by atoms with Gasteiger partial charge in [-0.1, -0.05) is 19.1 Å². The molecule has 0 atom stereocenters. The molecule has 0 fully saturated rings. The molecule has 0 unspecified atom stereocenters. The van der Waals surface area contributed by atoms with E-state index in [4.69, 9.17) is 0 Å². The van der Waals surface area contributed by atoms with Crippen LogP contribution in [0.4, 0.5) is 18.9 Å². The minimum atomic E-state index is -4.40. The number of carbonyl (C=O) groups excluding carboxylic acids is 1. The summed E-state index contributed by atoms with van der Waals surface area (Å²) in [6.07, 6.45) is -3.56. The molecular weight excluding hydrogens is 279 g/mol. The largest absolute Gasteiger partial charge is 0.416 e. The number of hydrogen-bond donors (Lipinski definition) is 1. The van der Waals surface area contributed by atoms with Crippen LogP contribution >= 0.6 is 0 Å². The van der Waals surface area contributed by atoms with Crippen LogP contribution in [-0.2, 0) is 12.6 Å². The lowest BCUT2D eigenvalue weighted by Gasteiger charge is -2.09. The monoisotopic (exact) mass is 293 g/mol. The zero-order valence-corrected chi connectivity index (χ0v) is 11.4. The third-order valence-corrected chi connectivity index (χ3v) is 3.07. The summed E-state index contributed by atoms with van der Waals surface area (Å²) in [5.74, 6) is -0.433. The van der Waals surface area contributed by atoms with Gasteiger partial charge in [0.15, 0.2) is 0 Å². The second kappa shape index (κ2) is 5.99. The number of halogens is 3. The van der Waals surface area contributed by atoms with Crippen LogP contribution in [-0.4, -0.2) is 5.91 Å². The van der Waals surface area contributed by atoms with Crippen molar-refractivity contribution in [2.45, 2.75) is 19.5 Å². The molecule has 2 rings (SSSR count). The van der Waals surface area contributed by atoms with Crippen molar-refractivity contribution < 1.29 is 18.0 Å². The highest BCUT2D eigenvalue weighted by Crippen LogP contribution is 2.29. The van der Waals surface area contributed by atoms with Crippen molar-refractivity contribution in [3.63, 3.8) is 0 Å². The van der Waals surface area contributed by atoms with Gasteiger partial charge in [0.25, 0.3) is 5.91 Å². The van der Waals surface area contributed by atoms with Crippen LogP contribution in [0.5, 0.6) is 0 Å². The van der Waals surface area contributed by atoms with E-state index >= 15 is 0 Å². The minimum absolute atomic E-state index is 0.185. The summed E-state index contributed by atoms with van der Waals surface area (Å²) in [5, 5.41) is 2.67. The Morgan fingerprint density at radius 2 is 1.76 bits per heavy atom. The van der Waals surface area contributed by atoms with Crippen molar-refractivity contribution in [1.82, 2.24) is 0 Å². The molecule has 0 radical (unpaired) electrons. The summed E-state index contributed by atoms with van der Waals surface area (Å²) in [6.45, 7) is 2.00. The maximum Gasteiger partial charge on any atom is 0.416 e. The van der Waals surface area contributed by atoms with Crippen molar-refractivity contribution >= 4 is 11.6 Å². The molecule has 0 aliphatic heterocycles. The van der Waals surface area contributed by atoms with E-state index < -0.39 is 17.6 Å². The first-order valence-electron chi connectivity index (χ1n) is 6.47. The molecule has 2 nitrogen and oxygen atoms in total. The summed E-state index contributed by atoms with van der Waals surface area (Å²) >= 11 is 0. The molecule has 2 aromatic rings. The zero-order valence-electron chi connectivity index (χ0n) is 11.4. The van der Waals surface area contributed by atoms with Crippen LogP contribution in [0.15, 0.2) is 48.5 Å². The lowest BCUT2D eigenvalue weighted by Crippen LogP contribution is -2.13. The molecule has 1 N–H and O–H groups in total. The van der Waals surface area contributed by atoms with E-state index in [1.54, 1.807) is 6.07 Å². The van der Waals surface area contributed by atoms with E-state index in [1.165, 1.54) is 12.1 Å². The highest BCUT2D eigenvalue weighted by atomic mass is 19.4. The van der Waals surface area contributed by atoms with E-state index in [-0.39, 0.29) is 5.56 Å². The standard InChI is InChI=1S/C16H14F3NO/c1-2-11-4-3-5-14(10-11)20-15(21)12-6-8-13(9-7-12)16(17,18)19/h3-10H,2H2,1H3,(H,20,21). The fraction of sp³-hybridized carbons (Fsp3) is 0.188. The predicted molar refractivity (Wildman–Crippen MR) is 75.2 cm³/mol. The first-order valence-corrected chi connectivity index (χ1v) is 6.47. The summed E-state index contributed by atoms with van der Waals surface area (Å²) in [5.41, 5.74) is 1.11. The molecule has 0 heterocycles. The summed E-state index contributed by atoms with van der Waals surface area (Å²) in [6, 6.07) is 11.5. The third kappa shape index (κ3) is 3.84. The molecule has 1 amide bonds. The molecule has 21 heavy (non-hydrogen) atoms. The first-order chi connectivity index (χ1) is 9.90. The van der Waals surface area contributed by atoms with E-state index in [2.05, 4.69) is 5.32 Å². The first kappa shape index (κ1) is 15.1. The molecule has 0 aliphatic rings. The third-order valence-electron chi connectivity index (χ3n) is 3.07. The van der Waals surface area contributed by atoms with Crippen molar-refractivity contribution in [2.75, 3.05) is 5.32 Å². The van der Waals surface area contributed by atoms with Crippen LogP contribution in [0.1, 0.15) is 28.4 Å². The molecular formula is C16H14F3NO. The number of carbonyl (C=O) groups is 1. The maximum atomic E-state index is 12.5. The highest BCUT2D eigenvalue weighted by Gasteiger charge is 2.30. The van der Waals surface area contributed by atoms with Crippen molar-refractivity contribution in [2.24, 2.45) is 0 Å². The van der Waals surface area contributed by atoms with Gasteiger partial charge in [-0.3, -0.25) is 4.79 Å². The van der Waals surface area contributed by atoms with Gasteiger partial charge in [-0.15, -0.1) is 0 Å². The van der Waals surface area contributed by atoms with E-state index in [1.807, 2.05) is 25.1 Å². The molecule has 5 heteroatoms. The Hall–Kier alpha value is -2.30. The van der Waals surface area contributed by atoms with Crippen LogP contribution in [0.3, 0.4) is 0 Å². The quantitative estimate of drug-likeness (QED) is 0.885. The normalized spacial score (nSPS) is 11.2. The van der Waals surface area contributed by atoms with Crippen molar-refractivity contribution in [3.8, 4) is 0 Å². The van der Waals surface area contributed by atoms with Gasteiger partial charge < -0.3 is 5.32 Å². The summed E-state index contributed by atoms with van der Waals surface area (Å²) in [7, 11) is 0. The maximum absolute atomic E-state index is 12.5. The Morgan fingerprint density at radius 1 is 1.10 bits per heavy atom. The molecule has 0 aliphatic carbocycles. The lowest BCUT2D eigenvalue weighted by atomic mass is 10.1. The van der Waals surface area contributed by atoms with Gasteiger partial charge in [0.05, 0.1) is 5.56 Å². The van der Waals surface area contributed by atoms with Gasteiger partial charge in [0.2, 0.25) is 0 Å². The molecule has 0 spiro atoms. The lowest BCUT2D eigenvalue weighted by molar-refractivity contribution is -0.137. The Balaban J connectivity index is 2.13. The van der Waals surface area contributed by atoms with E-state index in [0.29, 0.717) is 5.69 Å². The molecule has 0 saturated carbocycles. The second-order valence-corrected chi connectivity index (χ2v) is 4.58. The number of hydrogen-bond acceptors (Lipinski definition) is 1. The van der Waals surface area contributed by atoms with E-state index in [9.17, 15) is 18.0 Å². The fourth-order valence-corrected chi connectivity index (χ4v) is 1.88. The number of aryl methyl sites for hydroxylation is 1. The van der Waals surface area contributed by atoms with Gasteiger partial charge >= 0.3 is 6.18 Å². The average Bonchev–Trinajstić information content (AvgIpc) is 2.46. The van der Waals surface area contributed by atoms with Crippen LogP contribution < -0.4 is 5.32 Å². The Morgan fingerprint density at radius 3 is 2.33 bits per heavy atom. The Kier molecular flexibility index (Phi) is 4.31. The average molecular weight is 293 g/mol. The van der Waals surface area contributed by atoms with Gasteiger partial charge in [0.1, 0.15) is 0 Å². The highest BCUT2D eigenvalue weighted by molar-refractivity contribution is 6.04. The van der Waals surface area contributed by atoms with E-state index in [0.717, 1.165) is 24.1 Å². The Labute approximate surface area is 120 Å². The number of amides is 1. The fourth-order valence-electron chi connectivity index (χ4n) is 1.88. The number of anilines is 1. The Bertz CT molecular complexity index is 633. The number of alkyl halides is 3. The van der Waals surface area contributed by atoms with Crippen molar-refractivity contribution in [3.05, 3.63) is 65.2 Å². The number of nitrogens with one attached hydrogen (secondary N) is 1. The minimum Gasteiger partial charge on any atom is -0.322 e. The van der Waals surface area contributed by atoms with Gasteiger partial charge in [-0.2, -0.15) is 13.2 Å². The second-order valence-electron chi connectivity index (χ2n) is 4.58. The number of benzene rings is 2. The molecule has 0 bridgehead atoms. The molecule has 0 saturated heterocycles. The molecule has 110 valence electrons. The van der Waals surface area contributed by atoms with Crippen molar-refractivity contribution in [1.29, 1.82) is 0 Å². The zero-order chi connectivity index (χ0) is 15.5. The van der Waals surface area contributed by atoms with Crippen LogP contribution in [0.2, 0.25) is 0 Å². The van der Waals surface area contributed by atoms with Gasteiger partial charge in [-0.05, 0) is 48.4 Å². The SMILES string of the molecule is CCc1cccc(NC(=O)c2ccc(C(F)(F)F)cc2)c1. The topological polar surface area (TPSA) is 29.1 Å². The smallest absolute Gasteiger partial charge is 0.322 e. The van der Waals surface area contributed by atoms with Crippen LogP contribution in [0, 0.1) is 0 Å². The van der Waals surface area contributed by atoms with Gasteiger partial charge in [-0.25, -0.2) is 0 Å². The molecule has 2 aromatic carbocycles. The van der Waals surface area contributed by atoms with Gasteiger partial charge in [0, 0.05) is 11.3 Å². The number of rotatable bonds is 3. The summed E-state index contributed by atoms with van der Waals surface area (Å²) < 4.78 is 37.4. The summed E-state index contributed by atoms with van der Waals surface area (Å²) in [4.78, 5) is 12.0. The predicted octanol–water partition coefficient (Wildman–Crippen LogP) is 4.52.